The first-order valence-corrected chi connectivity index (χ1v) is 7.89. The van der Waals surface area contributed by atoms with Crippen LogP contribution in [0.3, 0.4) is 0 Å². The Morgan fingerprint density at radius 3 is 2.62 bits per heavy atom. The first kappa shape index (κ1) is 14.1. The Labute approximate surface area is 111 Å². The van der Waals surface area contributed by atoms with Crippen molar-refractivity contribution in [1.82, 2.24) is 19.7 Å². The second kappa shape index (κ2) is 5.56. The van der Waals surface area contributed by atoms with Gasteiger partial charge in [0.05, 0.1) is 0 Å². The maximum atomic E-state index is 11.9. The third kappa shape index (κ3) is 3.25. The third-order valence-electron chi connectivity index (χ3n) is 1.88. The van der Waals surface area contributed by atoms with Gasteiger partial charge in [-0.1, -0.05) is 28.1 Å². The van der Waals surface area contributed by atoms with E-state index >= 15 is 0 Å². The Morgan fingerprint density at radius 1 is 1.56 bits per heavy atom. The molecule has 1 aromatic heterocycles. The summed E-state index contributed by atoms with van der Waals surface area (Å²) < 4.78 is 27.7. The number of nitrogens with zero attached hydrogens (tertiary/aromatic N) is 3. The van der Waals surface area contributed by atoms with Crippen molar-refractivity contribution in [2.75, 3.05) is 11.9 Å². The van der Waals surface area contributed by atoms with Crippen LogP contribution in [-0.4, -0.2) is 35.3 Å². The summed E-state index contributed by atoms with van der Waals surface area (Å²) in [4.78, 5) is 0. The lowest BCUT2D eigenvalue weighted by atomic mass is 10.2. The second-order valence-corrected chi connectivity index (χ2v) is 6.50. The van der Waals surface area contributed by atoms with Gasteiger partial charge in [0.25, 0.3) is 10.0 Å². The minimum atomic E-state index is -3.56. The quantitative estimate of drug-likeness (QED) is 0.775. The van der Waals surface area contributed by atoms with E-state index in [2.05, 4.69) is 46.9 Å². The van der Waals surface area contributed by atoms with E-state index in [0.29, 0.717) is 6.54 Å². The summed E-state index contributed by atoms with van der Waals surface area (Å²) in [6.45, 7) is 2.30. The Bertz CT molecular complexity index is 439. The van der Waals surface area contributed by atoms with Gasteiger partial charge in [-0.3, -0.25) is 0 Å². The fourth-order valence-electron chi connectivity index (χ4n) is 0.983. The average molecular weight is 376 g/mol. The fraction of sp³-hybridized carbons (Fsp3) is 0.714. The van der Waals surface area contributed by atoms with Crippen molar-refractivity contribution in [2.45, 2.75) is 11.9 Å². The first-order chi connectivity index (χ1) is 7.38. The molecule has 1 unspecified atom stereocenters. The molecule has 0 amide bonds. The second-order valence-electron chi connectivity index (χ2n) is 3.42. The highest BCUT2D eigenvalue weighted by atomic mass is 79.9. The van der Waals surface area contributed by atoms with Crippen LogP contribution < -0.4 is 4.72 Å². The first-order valence-electron chi connectivity index (χ1n) is 4.49. The summed E-state index contributed by atoms with van der Waals surface area (Å²) in [6, 6.07) is 0. The van der Waals surface area contributed by atoms with Crippen LogP contribution in [0.25, 0.3) is 0 Å². The highest BCUT2D eigenvalue weighted by molar-refractivity contribution is 9.10. The monoisotopic (exact) mass is 374 g/mol. The zero-order chi connectivity index (χ0) is 12.3. The third-order valence-corrected chi connectivity index (χ3v) is 5.29. The summed E-state index contributed by atoms with van der Waals surface area (Å²) in [6.07, 6.45) is 0. The molecule has 16 heavy (non-hydrogen) atoms. The van der Waals surface area contributed by atoms with Crippen molar-refractivity contribution in [3.63, 3.8) is 0 Å². The molecule has 0 aromatic carbocycles. The van der Waals surface area contributed by atoms with Crippen LogP contribution in [0.4, 0.5) is 0 Å². The van der Waals surface area contributed by atoms with Gasteiger partial charge in [-0.15, -0.1) is 5.10 Å². The molecule has 9 heteroatoms. The average Bonchev–Trinajstić information content (AvgIpc) is 2.55. The molecule has 0 saturated carbocycles. The molecule has 92 valence electrons. The molecule has 6 nitrogen and oxygen atoms in total. The number of nitrogens with one attached hydrogen (secondary N) is 1. The molecule has 0 spiro atoms. The lowest BCUT2D eigenvalue weighted by molar-refractivity contribution is 0.546. The van der Waals surface area contributed by atoms with E-state index in [4.69, 9.17) is 0 Å². The molecule has 0 fully saturated rings. The van der Waals surface area contributed by atoms with Crippen LogP contribution in [0.15, 0.2) is 9.63 Å². The van der Waals surface area contributed by atoms with Crippen LogP contribution in [0.5, 0.6) is 0 Å². The standard InChI is InChI=1S/C7H12Br2N4O2S/c1-5(3-8)4-10-16(14,15)7-6(9)11-12-13(7)2/h5,10H,3-4H2,1-2H3. The Kier molecular flexibility index (Phi) is 4.89. The van der Waals surface area contributed by atoms with Crippen LogP contribution in [-0.2, 0) is 17.1 Å². The lowest BCUT2D eigenvalue weighted by Gasteiger charge is -2.10. The number of aryl methyl sites for hydroxylation is 1. The largest absolute Gasteiger partial charge is 0.260 e. The van der Waals surface area contributed by atoms with E-state index in [-0.39, 0.29) is 15.5 Å². The van der Waals surface area contributed by atoms with Crippen LogP contribution in [0.2, 0.25) is 0 Å². The zero-order valence-electron chi connectivity index (χ0n) is 8.81. The Morgan fingerprint density at radius 2 is 2.19 bits per heavy atom. The predicted octanol–water partition coefficient (Wildman–Crippen LogP) is 0.887. The molecular weight excluding hydrogens is 364 g/mol. The Hall–Kier alpha value is 0.0100. The fourth-order valence-corrected chi connectivity index (χ4v) is 3.47. The van der Waals surface area contributed by atoms with Crippen molar-refractivity contribution < 1.29 is 8.42 Å². The molecule has 1 aromatic rings. The number of hydrogen-bond acceptors (Lipinski definition) is 4. The summed E-state index contributed by atoms with van der Waals surface area (Å²) >= 11 is 6.34. The number of hydrogen-bond donors (Lipinski definition) is 1. The summed E-state index contributed by atoms with van der Waals surface area (Å²) in [5.74, 6) is 0.217. The van der Waals surface area contributed by atoms with Crippen molar-refractivity contribution in [3.05, 3.63) is 4.60 Å². The topological polar surface area (TPSA) is 76.9 Å². The molecule has 1 heterocycles. The molecule has 1 rings (SSSR count). The van der Waals surface area contributed by atoms with E-state index in [1.165, 1.54) is 11.7 Å². The van der Waals surface area contributed by atoms with Gasteiger partial charge in [0.15, 0.2) is 4.60 Å². The van der Waals surface area contributed by atoms with Crippen LogP contribution in [0, 0.1) is 5.92 Å². The number of halogens is 2. The SMILES string of the molecule is CC(CBr)CNS(=O)(=O)c1c(Br)nnn1C. The van der Waals surface area contributed by atoms with Gasteiger partial charge in [0.2, 0.25) is 5.03 Å². The van der Waals surface area contributed by atoms with Gasteiger partial charge in [-0.05, 0) is 21.8 Å². The molecular formula is C7H12Br2N4O2S. The van der Waals surface area contributed by atoms with E-state index in [1.54, 1.807) is 0 Å². The smallest absolute Gasteiger partial charge is 0.235 e. The lowest BCUT2D eigenvalue weighted by Crippen LogP contribution is -2.30. The van der Waals surface area contributed by atoms with Gasteiger partial charge in [0, 0.05) is 18.9 Å². The highest BCUT2D eigenvalue weighted by Crippen LogP contribution is 2.17. The Balaban J connectivity index is 2.87. The normalized spacial score (nSPS) is 14.0. The van der Waals surface area contributed by atoms with Gasteiger partial charge >= 0.3 is 0 Å². The number of aromatic nitrogens is 3. The van der Waals surface area contributed by atoms with Gasteiger partial charge in [0.1, 0.15) is 0 Å². The van der Waals surface area contributed by atoms with Crippen LogP contribution >= 0.6 is 31.9 Å². The molecule has 0 bridgehead atoms. The molecule has 0 radical (unpaired) electrons. The van der Waals surface area contributed by atoms with Crippen molar-refractivity contribution in [3.8, 4) is 0 Å². The molecule has 0 aliphatic heterocycles. The van der Waals surface area contributed by atoms with Gasteiger partial charge < -0.3 is 0 Å². The number of sulfonamides is 1. The van der Waals surface area contributed by atoms with Crippen molar-refractivity contribution >= 4 is 41.9 Å². The minimum Gasteiger partial charge on any atom is -0.235 e. The van der Waals surface area contributed by atoms with E-state index in [1.807, 2.05) is 6.92 Å². The minimum absolute atomic E-state index is 0.0364. The number of rotatable bonds is 5. The van der Waals surface area contributed by atoms with Gasteiger partial charge in [-0.25, -0.2) is 17.8 Å². The summed E-state index contributed by atoms with van der Waals surface area (Å²) in [5, 5.41) is 8.02. The summed E-state index contributed by atoms with van der Waals surface area (Å²) in [7, 11) is -2.04. The predicted molar refractivity (Wildman–Crippen MR) is 66.8 cm³/mol. The maximum Gasteiger partial charge on any atom is 0.260 e. The molecule has 0 aliphatic rings. The van der Waals surface area contributed by atoms with E-state index in [9.17, 15) is 8.42 Å². The van der Waals surface area contributed by atoms with E-state index < -0.39 is 10.0 Å². The molecule has 1 N–H and O–H groups in total. The highest BCUT2D eigenvalue weighted by Gasteiger charge is 2.23. The van der Waals surface area contributed by atoms with Crippen LogP contribution in [0.1, 0.15) is 6.92 Å². The number of alkyl halides is 1. The van der Waals surface area contributed by atoms with Crippen molar-refractivity contribution in [1.29, 1.82) is 0 Å². The molecule has 0 aliphatic carbocycles. The van der Waals surface area contributed by atoms with E-state index in [0.717, 1.165) is 5.33 Å². The zero-order valence-corrected chi connectivity index (χ0v) is 12.8. The molecule has 1 atom stereocenters. The van der Waals surface area contributed by atoms with Crippen molar-refractivity contribution in [2.24, 2.45) is 13.0 Å². The van der Waals surface area contributed by atoms with Gasteiger partial charge in [-0.2, -0.15) is 0 Å². The summed E-state index contributed by atoms with van der Waals surface area (Å²) in [5.41, 5.74) is 0. The molecule has 0 saturated heterocycles. The maximum absolute atomic E-state index is 11.9.